The summed E-state index contributed by atoms with van der Waals surface area (Å²) >= 11 is 0. The first-order valence-electron chi connectivity index (χ1n) is 7.84. The molecule has 4 heteroatoms. The van der Waals surface area contributed by atoms with Crippen LogP contribution in [0, 0.1) is 0 Å². The molecule has 0 aliphatic rings. The van der Waals surface area contributed by atoms with Gasteiger partial charge in [0.05, 0.1) is 23.7 Å². The molecule has 0 saturated heterocycles. The van der Waals surface area contributed by atoms with Crippen LogP contribution in [-0.4, -0.2) is 22.6 Å². The lowest BCUT2D eigenvalue weighted by Crippen LogP contribution is -2.06. The minimum Gasteiger partial charge on any atom is -0.465 e. The molecule has 0 N–H and O–H groups in total. The van der Waals surface area contributed by atoms with Gasteiger partial charge in [-0.05, 0) is 36.2 Å². The Kier molecular flexibility index (Phi) is 4.42. The molecule has 1 heterocycles. The van der Waals surface area contributed by atoms with E-state index in [4.69, 9.17) is 9.72 Å². The van der Waals surface area contributed by atoms with Crippen LogP contribution >= 0.6 is 0 Å². The number of carbonyl (C=O) groups excluding carboxylic acids is 1. The van der Waals surface area contributed by atoms with Crippen LogP contribution < -0.4 is 0 Å². The van der Waals surface area contributed by atoms with Gasteiger partial charge in [0.2, 0.25) is 0 Å². The van der Waals surface area contributed by atoms with Gasteiger partial charge in [0.1, 0.15) is 5.82 Å². The molecular formula is C19H20N2O2. The first kappa shape index (κ1) is 15.3. The van der Waals surface area contributed by atoms with Crippen molar-refractivity contribution in [3.8, 4) is 0 Å². The molecule has 0 aliphatic carbocycles. The summed E-state index contributed by atoms with van der Waals surface area (Å²) in [6, 6.07) is 15.7. The molecule has 1 aromatic heterocycles. The molecule has 0 unspecified atom stereocenters. The van der Waals surface area contributed by atoms with E-state index in [1.54, 1.807) is 12.1 Å². The molecule has 0 aliphatic heterocycles. The Hall–Kier alpha value is -2.62. The Labute approximate surface area is 135 Å². The maximum Gasteiger partial charge on any atom is 0.337 e. The molecule has 0 bridgehead atoms. The Morgan fingerprint density at radius 2 is 1.87 bits per heavy atom. The fourth-order valence-electron chi connectivity index (χ4n) is 2.76. The maximum absolute atomic E-state index is 11.5. The van der Waals surface area contributed by atoms with Crippen molar-refractivity contribution in [1.82, 2.24) is 9.55 Å². The highest BCUT2D eigenvalue weighted by Gasteiger charge is 2.11. The first-order chi connectivity index (χ1) is 11.2. The molecule has 0 fully saturated rings. The van der Waals surface area contributed by atoms with Gasteiger partial charge in [0, 0.05) is 13.0 Å². The monoisotopic (exact) mass is 308 g/mol. The number of esters is 1. The molecule has 0 saturated carbocycles. The highest BCUT2D eigenvalue weighted by atomic mass is 16.5. The van der Waals surface area contributed by atoms with E-state index < -0.39 is 0 Å². The lowest BCUT2D eigenvalue weighted by Gasteiger charge is -2.09. The van der Waals surface area contributed by atoms with Gasteiger partial charge in [0.25, 0.3) is 0 Å². The lowest BCUT2D eigenvalue weighted by atomic mass is 10.1. The van der Waals surface area contributed by atoms with Gasteiger partial charge >= 0.3 is 5.97 Å². The summed E-state index contributed by atoms with van der Waals surface area (Å²) in [4.78, 5) is 16.3. The van der Waals surface area contributed by atoms with Crippen LogP contribution in [0.4, 0.5) is 0 Å². The Bertz CT molecular complexity index is 819. The highest BCUT2D eigenvalue weighted by Crippen LogP contribution is 2.19. The number of ether oxygens (including phenoxy) is 1. The minimum atomic E-state index is -0.309. The number of methoxy groups -OCH3 is 1. The number of aromatic nitrogens is 2. The molecule has 3 aromatic rings. The first-order valence-corrected chi connectivity index (χ1v) is 7.84. The molecule has 0 amide bonds. The summed E-state index contributed by atoms with van der Waals surface area (Å²) < 4.78 is 6.99. The number of para-hydroxylation sites is 2. The second kappa shape index (κ2) is 6.65. The molecule has 4 nitrogen and oxygen atoms in total. The Morgan fingerprint density at radius 1 is 1.13 bits per heavy atom. The lowest BCUT2D eigenvalue weighted by molar-refractivity contribution is 0.0600. The average molecular weight is 308 g/mol. The third-order valence-corrected chi connectivity index (χ3v) is 3.92. The average Bonchev–Trinajstić information content (AvgIpc) is 2.93. The van der Waals surface area contributed by atoms with E-state index in [1.165, 1.54) is 7.11 Å². The van der Waals surface area contributed by atoms with Crippen molar-refractivity contribution >= 4 is 17.0 Å². The Morgan fingerprint density at radius 3 is 2.57 bits per heavy atom. The van der Waals surface area contributed by atoms with Crippen molar-refractivity contribution in [2.75, 3.05) is 7.11 Å². The summed E-state index contributed by atoms with van der Waals surface area (Å²) in [5, 5.41) is 0. The SMILES string of the molecule is CCCc1nc2ccccc2n1Cc1ccc(C(=O)OC)cc1. The minimum absolute atomic E-state index is 0.309. The van der Waals surface area contributed by atoms with E-state index in [2.05, 4.69) is 17.6 Å². The van der Waals surface area contributed by atoms with E-state index in [0.717, 1.165) is 41.8 Å². The number of nitrogens with zero attached hydrogens (tertiary/aromatic N) is 2. The summed E-state index contributed by atoms with van der Waals surface area (Å²) in [6.45, 7) is 2.91. The maximum atomic E-state index is 11.5. The topological polar surface area (TPSA) is 44.1 Å². The van der Waals surface area contributed by atoms with Crippen molar-refractivity contribution in [3.05, 3.63) is 65.5 Å². The molecule has 0 atom stereocenters. The van der Waals surface area contributed by atoms with Crippen molar-refractivity contribution < 1.29 is 9.53 Å². The van der Waals surface area contributed by atoms with E-state index in [9.17, 15) is 4.79 Å². The second-order valence-corrected chi connectivity index (χ2v) is 5.54. The number of imidazole rings is 1. The zero-order chi connectivity index (χ0) is 16.2. The van der Waals surface area contributed by atoms with Crippen LogP contribution in [-0.2, 0) is 17.7 Å². The van der Waals surface area contributed by atoms with Gasteiger partial charge in [-0.25, -0.2) is 9.78 Å². The summed E-state index contributed by atoms with van der Waals surface area (Å²) in [5.41, 5.74) is 3.88. The molecule has 23 heavy (non-hydrogen) atoms. The van der Waals surface area contributed by atoms with Gasteiger partial charge < -0.3 is 9.30 Å². The quantitative estimate of drug-likeness (QED) is 0.673. The zero-order valence-electron chi connectivity index (χ0n) is 13.5. The summed E-state index contributed by atoms with van der Waals surface area (Å²) in [5.74, 6) is 0.794. The smallest absolute Gasteiger partial charge is 0.337 e. The third-order valence-electron chi connectivity index (χ3n) is 3.92. The predicted octanol–water partition coefficient (Wildman–Crippen LogP) is 3.82. The largest absolute Gasteiger partial charge is 0.465 e. The number of hydrogen-bond acceptors (Lipinski definition) is 3. The molecule has 2 aromatic carbocycles. The zero-order valence-corrected chi connectivity index (χ0v) is 13.5. The van der Waals surface area contributed by atoms with Crippen molar-refractivity contribution in [2.45, 2.75) is 26.3 Å². The molecule has 0 radical (unpaired) electrons. The molecule has 3 rings (SSSR count). The number of rotatable bonds is 5. The van der Waals surface area contributed by atoms with Crippen molar-refractivity contribution in [3.63, 3.8) is 0 Å². The van der Waals surface area contributed by atoms with Gasteiger partial charge in [-0.1, -0.05) is 31.2 Å². The van der Waals surface area contributed by atoms with Crippen LogP contribution in [0.5, 0.6) is 0 Å². The summed E-state index contributed by atoms with van der Waals surface area (Å²) in [7, 11) is 1.39. The van der Waals surface area contributed by atoms with Crippen LogP contribution in [0.3, 0.4) is 0 Å². The molecular weight excluding hydrogens is 288 g/mol. The summed E-state index contributed by atoms with van der Waals surface area (Å²) in [6.07, 6.45) is 2.01. The number of aryl methyl sites for hydroxylation is 1. The number of carbonyl (C=O) groups is 1. The van der Waals surface area contributed by atoms with E-state index in [0.29, 0.717) is 5.56 Å². The fraction of sp³-hybridized carbons (Fsp3) is 0.263. The van der Waals surface area contributed by atoms with Gasteiger partial charge in [0.15, 0.2) is 0 Å². The number of benzene rings is 2. The predicted molar refractivity (Wildman–Crippen MR) is 90.6 cm³/mol. The van der Waals surface area contributed by atoms with E-state index >= 15 is 0 Å². The third kappa shape index (κ3) is 3.11. The highest BCUT2D eigenvalue weighted by molar-refractivity contribution is 5.89. The van der Waals surface area contributed by atoms with Crippen LogP contribution in [0.1, 0.15) is 35.1 Å². The van der Waals surface area contributed by atoms with E-state index in [-0.39, 0.29) is 5.97 Å². The number of hydrogen-bond donors (Lipinski definition) is 0. The van der Waals surface area contributed by atoms with Crippen molar-refractivity contribution in [1.29, 1.82) is 0 Å². The standard InChI is InChI=1S/C19H20N2O2/c1-3-6-18-20-16-7-4-5-8-17(16)21(18)13-14-9-11-15(12-10-14)19(22)23-2/h4-5,7-12H,3,6,13H2,1-2H3. The van der Waals surface area contributed by atoms with Crippen LogP contribution in [0.2, 0.25) is 0 Å². The van der Waals surface area contributed by atoms with E-state index in [1.807, 2.05) is 30.3 Å². The molecule has 0 spiro atoms. The van der Waals surface area contributed by atoms with Gasteiger partial charge in [-0.3, -0.25) is 0 Å². The van der Waals surface area contributed by atoms with Crippen LogP contribution in [0.25, 0.3) is 11.0 Å². The van der Waals surface area contributed by atoms with Gasteiger partial charge in [-0.15, -0.1) is 0 Å². The van der Waals surface area contributed by atoms with Crippen LogP contribution in [0.15, 0.2) is 48.5 Å². The Balaban J connectivity index is 1.94. The second-order valence-electron chi connectivity index (χ2n) is 5.54. The fourth-order valence-corrected chi connectivity index (χ4v) is 2.76. The molecule has 118 valence electrons. The number of fused-ring (bicyclic) bond motifs is 1. The van der Waals surface area contributed by atoms with Crippen molar-refractivity contribution in [2.24, 2.45) is 0 Å². The normalized spacial score (nSPS) is 10.9. The van der Waals surface area contributed by atoms with Gasteiger partial charge in [-0.2, -0.15) is 0 Å².